The average molecular weight is 313 g/mol. The lowest BCUT2D eigenvalue weighted by Gasteiger charge is -2.05. The molecule has 1 aliphatic rings. The van der Waals surface area contributed by atoms with Crippen LogP contribution in [-0.2, 0) is 4.79 Å². The molecule has 22 heavy (non-hydrogen) atoms. The van der Waals surface area contributed by atoms with Crippen LogP contribution in [0.25, 0.3) is 15.8 Å². The van der Waals surface area contributed by atoms with E-state index in [0.717, 1.165) is 27.6 Å². The molecule has 0 amide bonds. The minimum atomic E-state index is -0.0813. The Morgan fingerprint density at radius 2 is 1.91 bits per heavy atom. The first-order valence-electron chi connectivity index (χ1n) is 7.37. The Morgan fingerprint density at radius 1 is 1.18 bits per heavy atom. The molecule has 1 aliphatic carbocycles. The first kappa shape index (κ1) is 16.2. The second-order valence-electron chi connectivity index (χ2n) is 4.76. The molecule has 4 heteroatoms. The zero-order valence-corrected chi connectivity index (χ0v) is 13.7. The molecule has 1 heterocycles. The van der Waals surface area contributed by atoms with Gasteiger partial charge in [0, 0.05) is 11.1 Å². The van der Waals surface area contributed by atoms with Crippen molar-refractivity contribution in [1.29, 1.82) is 0 Å². The van der Waals surface area contributed by atoms with Crippen LogP contribution in [0.4, 0.5) is 0 Å². The number of benzene rings is 1. The molecule has 1 aromatic carbocycles. The Hall–Kier alpha value is -2.20. The zero-order chi connectivity index (χ0) is 16.1. The predicted octanol–water partition coefficient (Wildman–Crippen LogP) is 4.33. The molecular weight excluding hydrogens is 294 g/mol. The molecule has 1 N–H and O–H groups in total. The number of rotatable bonds is 2. The first-order valence-corrected chi connectivity index (χ1v) is 8.19. The van der Waals surface area contributed by atoms with E-state index in [4.69, 9.17) is 0 Å². The first-order chi connectivity index (χ1) is 10.7. The molecule has 0 radical (unpaired) electrons. The van der Waals surface area contributed by atoms with E-state index < -0.39 is 0 Å². The minimum Gasteiger partial charge on any atom is -0.312 e. The Labute approximate surface area is 133 Å². The molecule has 3 nitrogen and oxygen atoms in total. The third-order valence-electron chi connectivity index (χ3n) is 3.32. The predicted molar refractivity (Wildman–Crippen MR) is 94.2 cm³/mol. The van der Waals surface area contributed by atoms with E-state index in [2.05, 4.69) is 18.0 Å². The van der Waals surface area contributed by atoms with E-state index in [1.807, 2.05) is 50.3 Å². The average Bonchev–Trinajstić information content (AvgIpc) is 2.82. The van der Waals surface area contributed by atoms with Gasteiger partial charge in [-0.25, -0.2) is 0 Å². The molecule has 0 fully saturated rings. The molecule has 1 atom stereocenters. The summed E-state index contributed by atoms with van der Waals surface area (Å²) in [6.45, 7) is 6.06. The number of carbonyl (C=O) groups is 1. The van der Waals surface area contributed by atoms with Crippen molar-refractivity contribution in [3.05, 3.63) is 63.3 Å². The third-order valence-corrected chi connectivity index (χ3v) is 4.25. The number of hydrogen-bond acceptors (Lipinski definition) is 3. The van der Waals surface area contributed by atoms with Crippen LogP contribution >= 0.6 is 11.3 Å². The Morgan fingerprint density at radius 3 is 2.64 bits per heavy atom. The molecule has 2 aromatic rings. The number of aromatic nitrogens is 1. The topological polar surface area (TPSA) is 49.9 Å². The van der Waals surface area contributed by atoms with E-state index in [1.54, 1.807) is 0 Å². The van der Waals surface area contributed by atoms with Crippen molar-refractivity contribution >= 4 is 33.4 Å². The van der Waals surface area contributed by atoms with Crippen molar-refractivity contribution in [3.8, 4) is 0 Å². The van der Waals surface area contributed by atoms with Crippen LogP contribution in [0.15, 0.2) is 52.9 Å². The van der Waals surface area contributed by atoms with Crippen LogP contribution in [0.3, 0.4) is 0 Å². The van der Waals surface area contributed by atoms with Crippen LogP contribution in [0.1, 0.15) is 26.3 Å². The number of aromatic amines is 1. The summed E-state index contributed by atoms with van der Waals surface area (Å²) < 4.78 is 0.888. The van der Waals surface area contributed by atoms with Gasteiger partial charge in [0.1, 0.15) is 0 Å². The second kappa shape index (κ2) is 7.18. The lowest BCUT2D eigenvalue weighted by molar-refractivity contribution is -0.104. The van der Waals surface area contributed by atoms with Crippen molar-refractivity contribution in [2.75, 3.05) is 0 Å². The maximum absolute atomic E-state index is 11.5. The highest BCUT2D eigenvalue weighted by molar-refractivity contribution is 7.16. The van der Waals surface area contributed by atoms with Gasteiger partial charge in [0.05, 0.1) is 10.2 Å². The molecule has 3 rings (SSSR count). The highest BCUT2D eigenvalue weighted by Gasteiger charge is 2.12. The van der Waals surface area contributed by atoms with Gasteiger partial charge < -0.3 is 4.98 Å². The van der Waals surface area contributed by atoms with Gasteiger partial charge in [0.2, 0.25) is 0 Å². The van der Waals surface area contributed by atoms with Crippen LogP contribution in [0.2, 0.25) is 0 Å². The number of allylic oxidation sites excluding steroid dienone is 6. The molecule has 0 bridgehead atoms. The zero-order valence-electron chi connectivity index (χ0n) is 12.9. The molecule has 1 unspecified atom stereocenters. The van der Waals surface area contributed by atoms with Gasteiger partial charge in [-0.1, -0.05) is 68.5 Å². The van der Waals surface area contributed by atoms with Gasteiger partial charge >= 0.3 is 4.87 Å². The molecule has 0 saturated carbocycles. The number of hydrogen-bond donors (Lipinski definition) is 1. The summed E-state index contributed by atoms with van der Waals surface area (Å²) in [6, 6.07) is 5.71. The summed E-state index contributed by atoms with van der Waals surface area (Å²) in [6.07, 6.45) is 8.72. The van der Waals surface area contributed by atoms with Gasteiger partial charge in [-0.2, -0.15) is 0 Å². The van der Waals surface area contributed by atoms with Gasteiger partial charge in [-0.3, -0.25) is 9.59 Å². The fourth-order valence-electron chi connectivity index (χ4n) is 2.29. The van der Waals surface area contributed by atoms with Gasteiger partial charge in [0.25, 0.3) is 0 Å². The molecular formula is C18H19NO2S. The lowest BCUT2D eigenvalue weighted by atomic mass is 10.00. The van der Waals surface area contributed by atoms with Crippen LogP contribution in [-0.4, -0.2) is 11.3 Å². The summed E-state index contributed by atoms with van der Waals surface area (Å²) in [7, 11) is 0. The van der Waals surface area contributed by atoms with Crippen molar-refractivity contribution in [1.82, 2.24) is 4.98 Å². The Kier molecular flexibility index (Phi) is 5.28. The number of fused-ring (bicyclic) bond motifs is 1. The smallest absolute Gasteiger partial charge is 0.305 e. The van der Waals surface area contributed by atoms with Crippen molar-refractivity contribution < 1.29 is 4.79 Å². The highest BCUT2D eigenvalue weighted by atomic mass is 32.1. The van der Waals surface area contributed by atoms with E-state index >= 15 is 0 Å². The SMILES string of the molecule is CC.CC1C=CC(C=O)=C(c2cccc3[nH]c(=O)sc23)C=C1. The Bertz CT molecular complexity index is 821. The van der Waals surface area contributed by atoms with Crippen molar-refractivity contribution in [2.45, 2.75) is 20.8 Å². The molecule has 1 aromatic heterocycles. The van der Waals surface area contributed by atoms with Gasteiger partial charge in [0.15, 0.2) is 6.29 Å². The summed E-state index contributed by atoms with van der Waals surface area (Å²) in [5.41, 5.74) is 3.23. The van der Waals surface area contributed by atoms with Gasteiger partial charge in [-0.15, -0.1) is 0 Å². The molecule has 114 valence electrons. The third kappa shape index (κ3) is 3.17. The van der Waals surface area contributed by atoms with E-state index in [-0.39, 0.29) is 10.8 Å². The monoisotopic (exact) mass is 313 g/mol. The normalized spacial score (nSPS) is 17.1. The number of H-pyrrole nitrogens is 1. The van der Waals surface area contributed by atoms with Crippen LogP contribution in [0, 0.1) is 5.92 Å². The number of aldehydes is 1. The standard InChI is InChI=1S/C16H13NO2S.C2H6/c1-10-5-7-11(9-18)12(8-6-10)13-3-2-4-14-15(13)20-16(19)17-14;1-2/h2-10H,1H3,(H,17,19);1-2H3. The largest absolute Gasteiger partial charge is 0.312 e. The maximum atomic E-state index is 11.5. The number of thiazole rings is 1. The highest BCUT2D eigenvalue weighted by Crippen LogP contribution is 2.30. The minimum absolute atomic E-state index is 0.0813. The maximum Gasteiger partial charge on any atom is 0.305 e. The van der Waals surface area contributed by atoms with E-state index in [0.29, 0.717) is 5.57 Å². The quantitative estimate of drug-likeness (QED) is 0.839. The van der Waals surface area contributed by atoms with Crippen LogP contribution < -0.4 is 4.87 Å². The molecule has 0 spiro atoms. The summed E-state index contributed by atoms with van der Waals surface area (Å²) in [5.74, 6) is 0.284. The molecule has 0 aliphatic heterocycles. The summed E-state index contributed by atoms with van der Waals surface area (Å²) in [5, 5.41) is 0. The summed E-state index contributed by atoms with van der Waals surface area (Å²) >= 11 is 1.17. The van der Waals surface area contributed by atoms with E-state index in [1.165, 1.54) is 11.3 Å². The van der Waals surface area contributed by atoms with Crippen molar-refractivity contribution in [3.63, 3.8) is 0 Å². The molecule has 0 saturated heterocycles. The van der Waals surface area contributed by atoms with Crippen molar-refractivity contribution in [2.24, 2.45) is 5.92 Å². The van der Waals surface area contributed by atoms with Crippen LogP contribution in [0.5, 0.6) is 0 Å². The number of carbonyl (C=O) groups excluding carboxylic acids is 1. The van der Waals surface area contributed by atoms with E-state index in [9.17, 15) is 9.59 Å². The Balaban J connectivity index is 0.000000847. The lowest BCUT2D eigenvalue weighted by Crippen LogP contribution is -1.89. The summed E-state index contributed by atoms with van der Waals surface area (Å²) in [4.78, 5) is 25.6. The van der Waals surface area contributed by atoms with Gasteiger partial charge in [-0.05, 0) is 17.6 Å². The second-order valence-corrected chi connectivity index (χ2v) is 5.74. The fraction of sp³-hybridized carbons (Fsp3) is 0.222. The number of nitrogens with one attached hydrogen (secondary N) is 1. The fourth-order valence-corrected chi connectivity index (χ4v) is 3.15.